The Balaban J connectivity index is 1.46. The molecule has 0 amide bonds. The van der Waals surface area contributed by atoms with Gasteiger partial charge in [0.2, 0.25) is 0 Å². The zero-order chi connectivity index (χ0) is 24.0. The van der Waals surface area contributed by atoms with Gasteiger partial charge in [0.1, 0.15) is 0 Å². The average Bonchev–Trinajstić information content (AvgIpc) is 2.86. The Kier molecular flexibility index (Phi) is 9.35. The third-order valence-corrected chi connectivity index (χ3v) is 8.84. The monoisotopic (exact) mass is 469 g/mol. The van der Waals surface area contributed by atoms with Crippen molar-refractivity contribution in [3.8, 4) is 0 Å². The van der Waals surface area contributed by atoms with E-state index in [1.54, 1.807) is 11.3 Å². The van der Waals surface area contributed by atoms with E-state index >= 15 is 0 Å². The van der Waals surface area contributed by atoms with Gasteiger partial charge in [0.15, 0.2) is 0 Å². The summed E-state index contributed by atoms with van der Waals surface area (Å²) in [6.07, 6.45) is 10.4. The summed E-state index contributed by atoms with van der Waals surface area (Å²) in [7, 11) is 0. The number of nitrogens with zero attached hydrogens (tertiary/aromatic N) is 2. The molecule has 1 aromatic carbocycles. The number of hydrogen-bond acceptors (Lipinski definition) is 4. The molecule has 2 aliphatic heterocycles. The van der Waals surface area contributed by atoms with E-state index in [1.807, 2.05) is 0 Å². The number of nitrogens with one attached hydrogen (secondary N) is 1. The van der Waals surface area contributed by atoms with Gasteiger partial charge in [0, 0.05) is 57.7 Å². The summed E-state index contributed by atoms with van der Waals surface area (Å²) in [4.78, 5) is 5.39. The molecule has 0 unspecified atom stereocenters. The van der Waals surface area contributed by atoms with Gasteiger partial charge in [0.25, 0.3) is 0 Å². The van der Waals surface area contributed by atoms with E-state index in [0.717, 1.165) is 44.4 Å². The van der Waals surface area contributed by atoms with Crippen LogP contribution in [0.1, 0.15) is 96.1 Å². The van der Waals surface area contributed by atoms with Crippen LogP contribution in [-0.2, 0) is 11.3 Å². The van der Waals surface area contributed by atoms with Crippen LogP contribution in [0.15, 0.2) is 18.2 Å². The number of anilines is 1. The molecule has 3 fully saturated rings. The molecule has 2 saturated heterocycles. The fraction of sp³-hybridized carbons (Fsp3) is 0.800. The van der Waals surface area contributed by atoms with Crippen LogP contribution in [0, 0.1) is 11.3 Å². The molecule has 0 aromatic heterocycles. The first kappa shape index (κ1) is 26.0. The van der Waals surface area contributed by atoms with Crippen LogP contribution in [0.25, 0.3) is 0 Å². The second-order valence-electron chi connectivity index (χ2n) is 12.3. The molecule has 3 aliphatic rings. The maximum Gasteiger partial charge on any atom is 0.0480 e. The third-order valence-electron chi connectivity index (χ3n) is 8.84. The minimum Gasteiger partial charge on any atom is -0.381 e. The standard InChI is InChI=1S/C30H51N3O/c1-5-6-15-32-16-18-33(19-17-32)29-22-24(23-31-27-13-20-34-21-14-27)7-12-28(29)25-8-10-26(11-9-25)30(2,3)4/h7,12,22,25-27,31H,5-6,8-11,13-21,23H2,1-4H3. The zero-order valence-electron chi connectivity index (χ0n) is 22.6. The molecule has 1 aromatic rings. The Morgan fingerprint density at radius 1 is 0.941 bits per heavy atom. The number of piperazine rings is 1. The second kappa shape index (κ2) is 12.2. The van der Waals surface area contributed by atoms with Gasteiger partial charge in [-0.2, -0.15) is 0 Å². The topological polar surface area (TPSA) is 27.7 Å². The molecule has 4 nitrogen and oxygen atoms in total. The van der Waals surface area contributed by atoms with Crippen LogP contribution in [0.2, 0.25) is 0 Å². The van der Waals surface area contributed by atoms with Crippen molar-refractivity contribution >= 4 is 5.69 Å². The molecule has 0 spiro atoms. The summed E-state index contributed by atoms with van der Waals surface area (Å²) in [6.45, 7) is 18.4. The Labute approximate surface area is 209 Å². The second-order valence-corrected chi connectivity index (χ2v) is 12.3. The molecule has 1 aliphatic carbocycles. The highest BCUT2D eigenvalue weighted by molar-refractivity contribution is 5.57. The number of unbranched alkanes of at least 4 members (excludes halogenated alkanes) is 1. The van der Waals surface area contributed by atoms with Crippen molar-refractivity contribution in [2.24, 2.45) is 11.3 Å². The van der Waals surface area contributed by atoms with Crippen molar-refractivity contribution in [2.45, 2.75) is 97.6 Å². The summed E-state index contributed by atoms with van der Waals surface area (Å²) in [5.41, 5.74) is 5.06. The Morgan fingerprint density at radius 3 is 2.29 bits per heavy atom. The SMILES string of the molecule is CCCCN1CCN(c2cc(CNC3CCOCC3)ccc2C2CCC(C(C)(C)C)CC2)CC1. The summed E-state index contributed by atoms with van der Waals surface area (Å²) >= 11 is 0. The molecule has 1 N–H and O–H groups in total. The normalized spacial score (nSPS) is 25.6. The van der Waals surface area contributed by atoms with Crippen molar-refractivity contribution < 1.29 is 4.74 Å². The first-order valence-corrected chi connectivity index (χ1v) is 14.3. The highest BCUT2D eigenvalue weighted by atomic mass is 16.5. The minimum absolute atomic E-state index is 0.447. The predicted octanol–water partition coefficient (Wildman–Crippen LogP) is 6.20. The number of ether oxygens (including phenoxy) is 1. The number of hydrogen-bond donors (Lipinski definition) is 1. The van der Waals surface area contributed by atoms with Crippen LogP contribution in [0.5, 0.6) is 0 Å². The van der Waals surface area contributed by atoms with E-state index in [2.05, 4.69) is 61.0 Å². The van der Waals surface area contributed by atoms with Crippen LogP contribution in [0.3, 0.4) is 0 Å². The number of benzene rings is 1. The summed E-state index contributed by atoms with van der Waals surface area (Å²) < 4.78 is 5.54. The molecule has 2 heterocycles. The van der Waals surface area contributed by atoms with Crippen LogP contribution >= 0.6 is 0 Å². The Morgan fingerprint density at radius 2 is 1.65 bits per heavy atom. The van der Waals surface area contributed by atoms with Gasteiger partial charge in [-0.1, -0.05) is 46.2 Å². The lowest BCUT2D eigenvalue weighted by molar-refractivity contribution is 0.0776. The fourth-order valence-electron chi connectivity index (χ4n) is 6.35. The summed E-state index contributed by atoms with van der Waals surface area (Å²) in [6, 6.07) is 8.06. The van der Waals surface area contributed by atoms with Gasteiger partial charge in [-0.25, -0.2) is 0 Å². The lowest BCUT2D eigenvalue weighted by Crippen LogP contribution is -2.47. The highest BCUT2D eigenvalue weighted by Crippen LogP contribution is 2.45. The van der Waals surface area contributed by atoms with Gasteiger partial charge in [-0.15, -0.1) is 0 Å². The average molecular weight is 470 g/mol. The maximum atomic E-state index is 5.54. The molecular weight excluding hydrogens is 418 g/mol. The fourth-order valence-corrected chi connectivity index (χ4v) is 6.35. The van der Waals surface area contributed by atoms with E-state index in [9.17, 15) is 0 Å². The van der Waals surface area contributed by atoms with Gasteiger partial charge in [0.05, 0.1) is 0 Å². The molecule has 0 bridgehead atoms. The van der Waals surface area contributed by atoms with Crippen molar-refractivity contribution in [3.63, 3.8) is 0 Å². The third kappa shape index (κ3) is 6.98. The predicted molar refractivity (Wildman–Crippen MR) is 145 cm³/mol. The Hall–Kier alpha value is -1.10. The zero-order valence-corrected chi connectivity index (χ0v) is 22.6. The number of rotatable bonds is 8. The molecule has 0 radical (unpaired) electrons. The van der Waals surface area contributed by atoms with E-state index in [1.165, 1.54) is 76.8 Å². The molecule has 34 heavy (non-hydrogen) atoms. The smallest absolute Gasteiger partial charge is 0.0480 e. The van der Waals surface area contributed by atoms with Crippen molar-refractivity contribution in [1.82, 2.24) is 10.2 Å². The van der Waals surface area contributed by atoms with Crippen LogP contribution in [-0.4, -0.2) is 56.9 Å². The highest BCUT2D eigenvalue weighted by Gasteiger charge is 2.32. The summed E-state index contributed by atoms with van der Waals surface area (Å²) in [5.74, 6) is 1.60. The maximum absolute atomic E-state index is 5.54. The van der Waals surface area contributed by atoms with E-state index in [4.69, 9.17) is 4.74 Å². The van der Waals surface area contributed by atoms with Crippen molar-refractivity contribution in [1.29, 1.82) is 0 Å². The largest absolute Gasteiger partial charge is 0.381 e. The van der Waals surface area contributed by atoms with E-state index in [0.29, 0.717) is 11.5 Å². The first-order valence-electron chi connectivity index (χ1n) is 14.3. The van der Waals surface area contributed by atoms with Crippen molar-refractivity contribution in [3.05, 3.63) is 29.3 Å². The lowest BCUT2D eigenvalue weighted by atomic mass is 9.68. The van der Waals surface area contributed by atoms with Crippen molar-refractivity contribution in [2.75, 3.05) is 50.8 Å². The van der Waals surface area contributed by atoms with Crippen LogP contribution < -0.4 is 10.2 Å². The van der Waals surface area contributed by atoms with Gasteiger partial charge < -0.3 is 15.0 Å². The first-order chi connectivity index (χ1) is 16.4. The molecule has 1 saturated carbocycles. The molecule has 4 rings (SSSR count). The van der Waals surface area contributed by atoms with E-state index in [-0.39, 0.29) is 0 Å². The summed E-state index contributed by atoms with van der Waals surface area (Å²) in [5, 5.41) is 3.81. The molecule has 0 atom stereocenters. The van der Waals surface area contributed by atoms with E-state index < -0.39 is 0 Å². The Bertz CT molecular complexity index is 736. The lowest BCUT2D eigenvalue weighted by Gasteiger charge is -2.40. The van der Waals surface area contributed by atoms with Gasteiger partial charge >= 0.3 is 0 Å². The van der Waals surface area contributed by atoms with Crippen LogP contribution in [0.4, 0.5) is 5.69 Å². The van der Waals surface area contributed by atoms with Gasteiger partial charge in [-0.05, 0) is 85.9 Å². The molecular formula is C30H51N3O. The minimum atomic E-state index is 0.447. The quantitative estimate of drug-likeness (QED) is 0.491. The molecule has 192 valence electrons. The molecule has 4 heteroatoms. The van der Waals surface area contributed by atoms with Gasteiger partial charge in [-0.3, -0.25) is 4.90 Å².